The quantitative estimate of drug-likeness (QED) is 0.503. The summed E-state index contributed by atoms with van der Waals surface area (Å²) in [6.45, 7) is 1.96. The number of carbonyl (C=O) groups is 1. The second-order valence-corrected chi connectivity index (χ2v) is 6.39. The Morgan fingerprint density at radius 3 is 2.77 bits per heavy atom. The Morgan fingerprint density at radius 2 is 2.12 bits per heavy atom. The molecule has 0 bridgehead atoms. The maximum Gasteiger partial charge on any atom is 0.490 e. The van der Waals surface area contributed by atoms with Crippen molar-refractivity contribution in [3.05, 3.63) is 51.7 Å². The van der Waals surface area contributed by atoms with E-state index in [1.54, 1.807) is 0 Å². The third kappa shape index (κ3) is 4.28. The number of carbonyl (C=O) groups excluding carboxylic acids is 1. The van der Waals surface area contributed by atoms with Gasteiger partial charge in [-0.05, 0) is 16.9 Å². The van der Waals surface area contributed by atoms with Crippen molar-refractivity contribution in [2.24, 2.45) is 0 Å². The van der Waals surface area contributed by atoms with E-state index in [2.05, 4.69) is 39.4 Å². The number of benzene rings is 1. The number of aromatic nitrogens is 4. The van der Waals surface area contributed by atoms with Gasteiger partial charge in [0.15, 0.2) is 5.13 Å². The molecule has 0 aliphatic heterocycles. The second-order valence-electron chi connectivity index (χ2n) is 5.53. The van der Waals surface area contributed by atoms with E-state index < -0.39 is 10.9 Å². The molecule has 134 valence electrons. The smallest absolute Gasteiger partial charge is 0.390 e. The number of nitro groups is 1. The molecule has 0 unspecified atom stereocenters. The van der Waals surface area contributed by atoms with E-state index in [0.29, 0.717) is 5.13 Å². The Hall–Kier alpha value is -3.14. The number of nitrogens with zero attached hydrogens (tertiary/aromatic N) is 5. The van der Waals surface area contributed by atoms with Crippen LogP contribution in [0.2, 0.25) is 0 Å². The van der Waals surface area contributed by atoms with Gasteiger partial charge in [0, 0.05) is 16.0 Å². The van der Waals surface area contributed by atoms with Crippen molar-refractivity contribution in [3.63, 3.8) is 0 Å². The molecule has 3 rings (SSSR count). The Bertz CT molecular complexity index is 918. The summed E-state index contributed by atoms with van der Waals surface area (Å²) in [7, 11) is 0. The summed E-state index contributed by atoms with van der Waals surface area (Å²) in [6, 6.07) is 8.18. The average Bonchev–Trinajstić information content (AvgIpc) is 3.25. The van der Waals surface area contributed by atoms with Gasteiger partial charge >= 0.3 is 5.95 Å². The van der Waals surface area contributed by atoms with Crippen LogP contribution >= 0.6 is 11.3 Å². The Kier molecular flexibility index (Phi) is 5.32. The van der Waals surface area contributed by atoms with E-state index in [0.717, 1.165) is 35.1 Å². The summed E-state index contributed by atoms with van der Waals surface area (Å²) in [5.41, 5.74) is 3.04. The number of anilines is 1. The lowest BCUT2D eigenvalue weighted by Crippen LogP contribution is -2.19. The lowest BCUT2D eigenvalue weighted by molar-refractivity contribution is -0.394. The van der Waals surface area contributed by atoms with Gasteiger partial charge in [0.25, 0.3) is 0 Å². The minimum absolute atomic E-state index is 0.179. The van der Waals surface area contributed by atoms with Gasteiger partial charge in [-0.2, -0.15) is 4.68 Å². The van der Waals surface area contributed by atoms with E-state index in [1.165, 1.54) is 16.9 Å². The van der Waals surface area contributed by atoms with Crippen molar-refractivity contribution in [3.8, 4) is 11.3 Å². The molecule has 0 radical (unpaired) electrons. The van der Waals surface area contributed by atoms with Crippen LogP contribution in [-0.2, 0) is 17.8 Å². The molecule has 0 spiro atoms. The predicted octanol–water partition coefficient (Wildman–Crippen LogP) is 2.90. The van der Waals surface area contributed by atoms with Crippen LogP contribution in [0.3, 0.4) is 0 Å². The van der Waals surface area contributed by atoms with Gasteiger partial charge in [-0.15, -0.1) is 11.3 Å². The van der Waals surface area contributed by atoms with E-state index in [4.69, 9.17) is 0 Å². The third-order valence-electron chi connectivity index (χ3n) is 3.53. The fourth-order valence-electron chi connectivity index (χ4n) is 2.35. The first-order chi connectivity index (χ1) is 12.5. The standard InChI is InChI=1S/C16H16N6O3S/c1-2-3-11-4-6-12(7-5-11)13-9-26-16(18-13)19-14(23)8-21-10-17-15(20-21)22(24)25/h4-7,9-10H,2-3,8H2,1H3,(H,18,19,23). The summed E-state index contributed by atoms with van der Waals surface area (Å²) in [5, 5.41) is 19.1. The number of thiazole rings is 1. The number of hydrogen-bond donors (Lipinski definition) is 1. The molecular weight excluding hydrogens is 356 g/mol. The van der Waals surface area contributed by atoms with Crippen molar-refractivity contribution in [2.45, 2.75) is 26.3 Å². The molecule has 9 nitrogen and oxygen atoms in total. The maximum absolute atomic E-state index is 12.0. The number of amides is 1. The third-order valence-corrected chi connectivity index (χ3v) is 4.29. The molecule has 0 atom stereocenters. The van der Waals surface area contributed by atoms with Gasteiger partial charge in [-0.25, -0.2) is 4.98 Å². The van der Waals surface area contributed by atoms with Crippen LogP contribution in [0, 0.1) is 10.1 Å². The number of rotatable bonds is 7. The maximum atomic E-state index is 12.0. The van der Waals surface area contributed by atoms with Gasteiger partial charge in [-0.1, -0.05) is 42.6 Å². The van der Waals surface area contributed by atoms with Crippen molar-refractivity contribution >= 4 is 28.3 Å². The summed E-state index contributed by atoms with van der Waals surface area (Å²) in [4.78, 5) is 29.8. The Balaban J connectivity index is 1.62. The number of hydrogen-bond acceptors (Lipinski definition) is 7. The molecule has 1 N–H and O–H groups in total. The number of nitrogens with one attached hydrogen (secondary N) is 1. The summed E-state index contributed by atoms with van der Waals surface area (Å²) < 4.78 is 1.11. The lowest BCUT2D eigenvalue weighted by Gasteiger charge is -2.01. The van der Waals surface area contributed by atoms with Crippen LogP contribution in [0.4, 0.5) is 11.1 Å². The molecule has 3 aromatic rings. The highest BCUT2D eigenvalue weighted by atomic mass is 32.1. The van der Waals surface area contributed by atoms with Crippen molar-refractivity contribution in [1.29, 1.82) is 0 Å². The van der Waals surface area contributed by atoms with Crippen molar-refractivity contribution < 1.29 is 9.72 Å². The van der Waals surface area contributed by atoms with Gasteiger partial charge in [0.05, 0.1) is 5.69 Å². The molecule has 0 saturated heterocycles. The normalized spacial score (nSPS) is 10.7. The van der Waals surface area contributed by atoms with Crippen molar-refractivity contribution in [1.82, 2.24) is 19.7 Å². The Labute approximate surface area is 152 Å². The van der Waals surface area contributed by atoms with Gasteiger partial charge in [0.2, 0.25) is 12.2 Å². The molecular formula is C16H16N6O3S. The molecule has 0 aliphatic carbocycles. The first-order valence-electron chi connectivity index (χ1n) is 7.93. The predicted molar refractivity (Wildman–Crippen MR) is 96.9 cm³/mol. The van der Waals surface area contributed by atoms with E-state index in [9.17, 15) is 14.9 Å². The van der Waals surface area contributed by atoms with Crippen LogP contribution in [0.15, 0.2) is 36.0 Å². The molecule has 1 amide bonds. The highest BCUT2D eigenvalue weighted by Gasteiger charge is 2.16. The van der Waals surface area contributed by atoms with E-state index in [1.807, 2.05) is 17.5 Å². The average molecular weight is 372 g/mol. The van der Waals surface area contributed by atoms with Gasteiger partial charge < -0.3 is 15.4 Å². The SMILES string of the molecule is CCCc1ccc(-c2csc(NC(=O)Cn3cnc([N+](=O)[O-])n3)n2)cc1. The summed E-state index contributed by atoms with van der Waals surface area (Å²) in [6.07, 6.45) is 3.28. The minimum Gasteiger partial charge on any atom is -0.390 e. The highest BCUT2D eigenvalue weighted by Crippen LogP contribution is 2.25. The lowest BCUT2D eigenvalue weighted by atomic mass is 10.1. The fraction of sp³-hybridized carbons (Fsp3) is 0.250. The zero-order chi connectivity index (χ0) is 18.5. The molecule has 2 heterocycles. The molecule has 0 saturated carbocycles. The molecule has 0 fully saturated rings. The zero-order valence-electron chi connectivity index (χ0n) is 14.0. The van der Waals surface area contributed by atoms with Gasteiger partial charge in [-0.3, -0.25) is 4.79 Å². The van der Waals surface area contributed by atoms with Crippen LogP contribution in [0.5, 0.6) is 0 Å². The highest BCUT2D eigenvalue weighted by molar-refractivity contribution is 7.14. The first kappa shape index (κ1) is 17.7. The minimum atomic E-state index is -0.715. The molecule has 26 heavy (non-hydrogen) atoms. The summed E-state index contributed by atoms with van der Waals surface area (Å²) in [5.74, 6) is -0.926. The van der Waals surface area contributed by atoms with Crippen molar-refractivity contribution in [2.75, 3.05) is 5.32 Å². The molecule has 10 heteroatoms. The molecule has 0 aliphatic rings. The number of aryl methyl sites for hydroxylation is 1. The van der Waals surface area contributed by atoms with Gasteiger partial charge in [0.1, 0.15) is 6.54 Å². The molecule has 2 aromatic heterocycles. The van der Waals surface area contributed by atoms with E-state index in [-0.39, 0.29) is 12.5 Å². The van der Waals surface area contributed by atoms with Crippen LogP contribution < -0.4 is 5.32 Å². The first-order valence-corrected chi connectivity index (χ1v) is 8.81. The van der Waals surface area contributed by atoms with Crippen LogP contribution in [0.1, 0.15) is 18.9 Å². The fourth-order valence-corrected chi connectivity index (χ4v) is 3.08. The zero-order valence-corrected chi connectivity index (χ0v) is 14.8. The van der Waals surface area contributed by atoms with E-state index >= 15 is 0 Å². The molecule has 1 aromatic carbocycles. The summed E-state index contributed by atoms with van der Waals surface area (Å²) >= 11 is 1.31. The Morgan fingerprint density at radius 1 is 1.35 bits per heavy atom. The second kappa shape index (κ2) is 7.83. The van der Waals surface area contributed by atoms with Crippen LogP contribution in [0.25, 0.3) is 11.3 Å². The largest absolute Gasteiger partial charge is 0.490 e. The van der Waals surface area contributed by atoms with Crippen LogP contribution in [-0.4, -0.2) is 30.6 Å². The topological polar surface area (TPSA) is 116 Å². The monoisotopic (exact) mass is 372 g/mol.